The van der Waals surface area contributed by atoms with Crippen LogP contribution in [0.1, 0.15) is 43.7 Å². The molecule has 5 heteroatoms. The SMILES string of the molecule is CCOc1ccccc1/C=C/C(=O)NCc1ccc(OC2CCCC2)nc1. The molecule has 1 fully saturated rings. The Morgan fingerprint density at radius 2 is 2.04 bits per heavy atom. The first-order chi connectivity index (χ1) is 13.2. The number of hydrogen-bond donors (Lipinski definition) is 1. The van der Waals surface area contributed by atoms with Gasteiger partial charge in [0.1, 0.15) is 11.9 Å². The molecule has 1 saturated carbocycles. The average Bonchev–Trinajstić information content (AvgIpc) is 3.20. The van der Waals surface area contributed by atoms with Crippen molar-refractivity contribution in [3.05, 3.63) is 59.8 Å². The number of ether oxygens (including phenoxy) is 2. The van der Waals surface area contributed by atoms with Crippen LogP contribution in [0.15, 0.2) is 48.7 Å². The minimum atomic E-state index is -0.160. The number of carbonyl (C=O) groups excluding carboxylic acids is 1. The van der Waals surface area contributed by atoms with Crippen LogP contribution in [0, 0.1) is 0 Å². The van der Waals surface area contributed by atoms with Crippen molar-refractivity contribution in [2.45, 2.75) is 45.3 Å². The van der Waals surface area contributed by atoms with Crippen LogP contribution >= 0.6 is 0 Å². The molecule has 1 amide bonds. The summed E-state index contributed by atoms with van der Waals surface area (Å²) in [5.74, 6) is 1.27. The Labute approximate surface area is 160 Å². The van der Waals surface area contributed by atoms with E-state index in [-0.39, 0.29) is 5.91 Å². The van der Waals surface area contributed by atoms with E-state index in [1.807, 2.05) is 43.3 Å². The average molecular weight is 366 g/mol. The molecule has 0 saturated heterocycles. The van der Waals surface area contributed by atoms with Crippen molar-refractivity contribution in [1.82, 2.24) is 10.3 Å². The van der Waals surface area contributed by atoms with E-state index < -0.39 is 0 Å². The van der Waals surface area contributed by atoms with E-state index in [0.717, 1.165) is 29.7 Å². The number of aromatic nitrogens is 1. The van der Waals surface area contributed by atoms with E-state index in [4.69, 9.17) is 9.47 Å². The van der Waals surface area contributed by atoms with Crippen molar-refractivity contribution in [2.24, 2.45) is 0 Å². The lowest BCUT2D eigenvalue weighted by Crippen LogP contribution is -2.20. The fourth-order valence-corrected chi connectivity index (χ4v) is 3.08. The van der Waals surface area contributed by atoms with Gasteiger partial charge in [0.2, 0.25) is 11.8 Å². The Hall–Kier alpha value is -2.82. The number of amides is 1. The van der Waals surface area contributed by atoms with Crippen molar-refractivity contribution < 1.29 is 14.3 Å². The minimum absolute atomic E-state index is 0.160. The number of nitrogens with one attached hydrogen (secondary N) is 1. The zero-order chi connectivity index (χ0) is 18.9. The van der Waals surface area contributed by atoms with Crippen LogP contribution in [-0.2, 0) is 11.3 Å². The number of para-hydroxylation sites is 1. The Morgan fingerprint density at radius 1 is 1.22 bits per heavy atom. The monoisotopic (exact) mass is 366 g/mol. The lowest BCUT2D eigenvalue weighted by atomic mass is 10.2. The standard InChI is InChI=1S/C22H26N2O3/c1-2-26-20-10-6-3-7-18(20)12-13-21(25)23-15-17-11-14-22(24-16-17)27-19-8-4-5-9-19/h3,6-7,10-14,16,19H,2,4-5,8-9,15H2,1H3,(H,23,25)/b13-12+. The molecule has 142 valence electrons. The molecular weight excluding hydrogens is 340 g/mol. The molecule has 1 heterocycles. The molecule has 0 bridgehead atoms. The molecule has 27 heavy (non-hydrogen) atoms. The van der Waals surface area contributed by atoms with Gasteiger partial charge in [0.05, 0.1) is 6.61 Å². The first-order valence-corrected chi connectivity index (χ1v) is 9.54. The van der Waals surface area contributed by atoms with Gasteiger partial charge in [-0.1, -0.05) is 24.3 Å². The van der Waals surface area contributed by atoms with Gasteiger partial charge >= 0.3 is 0 Å². The highest BCUT2D eigenvalue weighted by atomic mass is 16.5. The number of pyridine rings is 1. The summed E-state index contributed by atoms with van der Waals surface area (Å²) in [6.07, 6.45) is 10.0. The van der Waals surface area contributed by atoms with Crippen molar-refractivity contribution >= 4 is 12.0 Å². The molecule has 2 aromatic rings. The predicted molar refractivity (Wildman–Crippen MR) is 106 cm³/mol. The fourth-order valence-electron chi connectivity index (χ4n) is 3.08. The van der Waals surface area contributed by atoms with Gasteiger partial charge in [-0.3, -0.25) is 4.79 Å². The maximum atomic E-state index is 12.1. The van der Waals surface area contributed by atoms with Crippen LogP contribution in [0.25, 0.3) is 6.08 Å². The zero-order valence-electron chi connectivity index (χ0n) is 15.7. The third-order valence-electron chi connectivity index (χ3n) is 4.49. The number of hydrogen-bond acceptors (Lipinski definition) is 4. The number of carbonyl (C=O) groups is 1. The highest BCUT2D eigenvalue weighted by molar-refractivity contribution is 5.92. The van der Waals surface area contributed by atoms with Crippen molar-refractivity contribution in [2.75, 3.05) is 6.61 Å². The second-order valence-corrected chi connectivity index (χ2v) is 6.55. The first kappa shape index (κ1) is 19.0. The third-order valence-corrected chi connectivity index (χ3v) is 4.49. The van der Waals surface area contributed by atoms with Gasteiger partial charge in [-0.25, -0.2) is 4.98 Å². The van der Waals surface area contributed by atoms with E-state index in [2.05, 4.69) is 10.3 Å². The van der Waals surface area contributed by atoms with Gasteiger partial charge in [-0.15, -0.1) is 0 Å². The van der Waals surface area contributed by atoms with Gasteiger partial charge in [0.15, 0.2) is 0 Å². The smallest absolute Gasteiger partial charge is 0.244 e. The van der Waals surface area contributed by atoms with E-state index in [1.165, 1.54) is 18.9 Å². The second kappa shape index (κ2) is 9.76. The Kier molecular flexibility index (Phi) is 6.85. The van der Waals surface area contributed by atoms with Gasteiger partial charge in [0.25, 0.3) is 0 Å². The molecule has 0 atom stereocenters. The molecule has 1 aromatic carbocycles. The molecule has 0 spiro atoms. The van der Waals surface area contributed by atoms with E-state index >= 15 is 0 Å². The zero-order valence-corrected chi connectivity index (χ0v) is 15.7. The molecule has 3 rings (SSSR count). The summed E-state index contributed by atoms with van der Waals surface area (Å²) in [6.45, 7) is 2.95. The Balaban J connectivity index is 1.48. The molecule has 1 N–H and O–H groups in total. The maximum absolute atomic E-state index is 12.1. The van der Waals surface area contributed by atoms with Gasteiger partial charge in [0, 0.05) is 30.4 Å². The van der Waals surface area contributed by atoms with E-state index in [1.54, 1.807) is 12.3 Å². The van der Waals surface area contributed by atoms with Crippen molar-refractivity contribution in [3.63, 3.8) is 0 Å². The van der Waals surface area contributed by atoms with E-state index in [9.17, 15) is 4.79 Å². The summed E-state index contributed by atoms with van der Waals surface area (Å²) < 4.78 is 11.4. The molecule has 1 aliphatic rings. The maximum Gasteiger partial charge on any atom is 0.244 e. The van der Waals surface area contributed by atoms with Gasteiger partial charge < -0.3 is 14.8 Å². The number of benzene rings is 1. The normalized spacial score (nSPS) is 14.4. The molecule has 0 unspecified atom stereocenters. The number of nitrogens with zero attached hydrogens (tertiary/aromatic N) is 1. The van der Waals surface area contributed by atoms with Crippen molar-refractivity contribution in [3.8, 4) is 11.6 Å². The summed E-state index contributed by atoms with van der Waals surface area (Å²) >= 11 is 0. The molecule has 0 radical (unpaired) electrons. The van der Waals surface area contributed by atoms with Crippen LogP contribution in [0.2, 0.25) is 0 Å². The fraction of sp³-hybridized carbons (Fsp3) is 0.364. The molecule has 1 aliphatic carbocycles. The minimum Gasteiger partial charge on any atom is -0.493 e. The summed E-state index contributed by atoms with van der Waals surface area (Å²) in [4.78, 5) is 16.4. The predicted octanol–water partition coefficient (Wildman–Crippen LogP) is 4.13. The molecule has 5 nitrogen and oxygen atoms in total. The van der Waals surface area contributed by atoms with Crippen LogP contribution < -0.4 is 14.8 Å². The highest BCUT2D eigenvalue weighted by Crippen LogP contribution is 2.23. The van der Waals surface area contributed by atoms with Crippen molar-refractivity contribution in [1.29, 1.82) is 0 Å². The summed E-state index contributed by atoms with van der Waals surface area (Å²) in [6, 6.07) is 11.4. The van der Waals surface area contributed by atoms with E-state index in [0.29, 0.717) is 25.1 Å². The summed E-state index contributed by atoms with van der Waals surface area (Å²) in [5.41, 5.74) is 1.81. The Bertz CT molecular complexity index is 765. The lowest BCUT2D eigenvalue weighted by molar-refractivity contribution is -0.116. The van der Waals surface area contributed by atoms with Crippen LogP contribution in [0.4, 0.5) is 0 Å². The van der Waals surface area contributed by atoms with Crippen LogP contribution in [-0.4, -0.2) is 23.6 Å². The van der Waals surface area contributed by atoms with Crippen LogP contribution in [0.3, 0.4) is 0 Å². The highest BCUT2D eigenvalue weighted by Gasteiger charge is 2.16. The largest absolute Gasteiger partial charge is 0.493 e. The van der Waals surface area contributed by atoms with Gasteiger partial charge in [-0.2, -0.15) is 0 Å². The summed E-state index contributed by atoms with van der Waals surface area (Å²) in [7, 11) is 0. The number of rotatable bonds is 8. The molecular formula is C22H26N2O3. The first-order valence-electron chi connectivity index (χ1n) is 9.54. The summed E-state index contributed by atoms with van der Waals surface area (Å²) in [5, 5.41) is 2.87. The molecule has 1 aromatic heterocycles. The quantitative estimate of drug-likeness (QED) is 0.714. The lowest BCUT2D eigenvalue weighted by Gasteiger charge is -2.12. The second-order valence-electron chi connectivity index (χ2n) is 6.55. The third kappa shape index (κ3) is 5.84. The molecule has 0 aliphatic heterocycles. The van der Waals surface area contributed by atoms with Gasteiger partial charge in [-0.05, 0) is 50.3 Å². The topological polar surface area (TPSA) is 60.5 Å². The Morgan fingerprint density at radius 3 is 2.78 bits per heavy atom. The van der Waals surface area contributed by atoms with Crippen LogP contribution in [0.5, 0.6) is 11.6 Å².